The summed E-state index contributed by atoms with van der Waals surface area (Å²) in [5.41, 5.74) is 0.766. The molecular weight excluding hydrogens is 463 g/mol. The van der Waals surface area contributed by atoms with Crippen molar-refractivity contribution in [2.75, 3.05) is 6.54 Å². The molecule has 1 unspecified atom stereocenters. The fraction of sp³-hybridized carbons (Fsp3) is 0.250. The van der Waals surface area contributed by atoms with Crippen LogP contribution in [0, 0.1) is 0 Å². The first-order chi connectivity index (χ1) is 16.7. The third kappa shape index (κ3) is 4.02. The number of carbonyl (C=O) groups excluding carboxylic acids is 3. The highest BCUT2D eigenvalue weighted by molar-refractivity contribution is 6.09. The van der Waals surface area contributed by atoms with Crippen LogP contribution in [0.25, 0.3) is 5.69 Å². The highest BCUT2D eigenvalue weighted by Crippen LogP contribution is 2.41. The molecule has 180 valence electrons. The van der Waals surface area contributed by atoms with Gasteiger partial charge in [-0.25, -0.2) is 9.48 Å². The lowest BCUT2D eigenvalue weighted by molar-refractivity contribution is -0.141. The van der Waals surface area contributed by atoms with Crippen LogP contribution >= 0.6 is 0 Å². The van der Waals surface area contributed by atoms with E-state index in [1.807, 2.05) is 24.3 Å². The average molecular weight is 483 g/mol. The van der Waals surface area contributed by atoms with E-state index in [-0.39, 0.29) is 6.54 Å². The Morgan fingerprint density at radius 2 is 1.83 bits per heavy atom. The molecule has 2 aliphatic rings. The van der Waals surface area contributed by atoms with Crippen molar-refractivity contribution in [1.82, 2.24) is 25.3 Å². The maximum absolute atomic E-state index is 13.1. The van der Waals surface area contributed by atoms with Crippen molar-refractivity contribution in [3.05, 3.63) is 83.2 Å². The Labute approximate surface area is 197 Å². The zero-order valence-corrected chi connectivity index (χ0v) is 18.3. The molecule has 1 aromatic heterocycles. The van der Waals surface area contributed by atoms with Crippen molar-refractivity contribution in [2.24, 2.45) is 0 Å². The molecule has 1 atom stereocenters. The Bertz CT molecular complexity index is 1320. The topological polar surface area (TPSA) is 96.3 Å². The molecule has 2 heterocycles. The summed E-state index contributed by atoms with van der Waals surface area (Å²) in [5, 5.41) is 8.96. The molecule has 0 saturated carbocycles. The predicted octanol–water partition coefficient (Wildman–Crippen LogP) is 2.90. The average Bonchev–Trinajstić information content (AvgIpc) is 3.53. The Kier molecular flexibility index (Phi) is 5.34. The second-order valence-electron chi connectivity index (χ2n) is 8.47. The second kappa shape index (κ2) is 8.26. The number of nitrogens with zero attached hydrogens (tertiary/aromatic N) is 3. The number of fused-ring (bicyclic) bond motifs is 2. The monoisotopic (exact) mass is 483 g/mol. The van der Waals surface area contributed by atoms with Crippen LogP contribution in [-0.2, 0) is 34.3 Å². The highest BCUT2D eigenvalue weighted by Gasteiger charge is 2.55. The Hall–Kier alpha value is -4.15. The molecule has 1 saturated heterocycles. The summed E-state index contributed by atoms with van der Waals surface area (Å²) in [7, 11) is 0. The first kappa shape index (κ1) is 22.6. The molecule has 1 spiro atoms. The van der Waals surface area contributed by atoms with Gasteiger partial charge in [-0.1, -0.05) is 36.4 Å². The molecule has 0 radical (unpaired) electrons. The first-order valence-corrected chi connectivity index (χ1v) is 10.9. The summed E-state index contributed by atoms with van der Waals surface area (Å²) in [4.78, 5) is 39.1. The van der Waals surface area contributed by atoms with Gasteiger partial charge in [0.1, 0.15) is 12.1 Å². The largest absolute Gasteiger partial charge is 0.435 e. The van der Waals surface area contributed by atoms with Gasteiger partial charge in [-0.3, -0.25) is 14.5 Å². The number of imide groups is 1. The number of halogens is 3. The lowest BCUT2D eigenvalue weighted by Gasteiger charge is -2.22. The molecule has 2 N–H and O–H groups in total. The lowest BCUT2D eigenvalue weighted by Crippen LogP contribution is -2.43. The van der Waals surface area contributed by atoms with Crippen LogP contribution in [0.2, 0.25) is 0 Å². The van der Waals surface area contributed by atoms with E-state index in [0.717, 1.165) is 26.8 Å². The van der Waals surface area contributed by atoms with Crippen LogP contribution in [0.1, 0.15) is 28.8 Å². The summed E-state index contributed by atoms with van der Waals surface area (Å²) in [6, 6.07) is 14.2. The third-order valence-electron chi connectivity index (χ3n) is 6.29. The molecule has 35 heavy (non-hydrogen) atoms. The van der Waals surface area contributed by atoms with Gasteiger partial charge in [0.05, 0.1) is 5.69 Å². The minimum atomic E-state index is -4.52. The van der Waals surface area contributed by atoms with Crippen molar-refractivity contribution in [1.29, 1.82) is 0 Å². The van der Waals surface area contributed by atoms with Crippen LogP contribution in [0.3, 0.4) is 0 Å². The van der Waals surface area contributed by atoms with Crippen molar-refractivity contribution in [3.8, 4) is 5.69 Å². The van der Waals surface area contributed by atoms with E-state index in [1.54, 1.807) is 24.3 Å². The SMILES string of the molecule is O=C(CN1C(=O)NC2(CCc3ccccc32)C1=O)NCc1ccc(-n2ccc(C(F)(F)F)n2)cc1. The van der Waals surface area contributed by atoms with Crippen LogP contribution in [0.15, 0.2) is 60.8 Å². The molecule has 11 heteroatoms. The minimum Gasteiger partial charge on any atom is -0.350 e. The molecule has 1 fully saturated rings. The Balaban J connectivity index is 1.20. The number of aromatic nitrogens is 2. The molecule has 2 aromatic carbocycles. The van der Waals surface area contributed by atoms with Gasteiger partial charge in [-0.2, -0.15) is 18.3 Å². The van der Waals surface area contributed by atoms with Gasteiger partial charge < -0.3 is 10.6 Å². The molecule has 1 aliphatic carbocycles. The number of urea groups is 1. The summed E-state index contributed by atoms with van der Waals surface area (Å²) < 4.78 is 39.3. The maximum atomic E-state index is 13.1. The number of amides is 4. The molecule has 1 aliphatic heterocycles. The molecule has 0 bridgehead atoms. The van der Waals surface area contributed by atoms with Gasteiger partial charge >= 0.3 is 12.2 Å². The van der Waals surface area contributed by atoms with Crippen molar-refractivity contribution >= 4 is 17.8 Å². The number of carbonyl (C=O) groups is 3. The van der Waals surface area contributed by atoms with Crippen LogP contribution in [0.5, 0.6) is 0 Å². The van der Waals surface area contributed by atoms with Crippen LogP contribution < -0.4 is 10.6 Å². The smallest absolute Gasteiger partial charge is 0.350 e. The molecule has 4 amide bonds. The van der Waals surface area contributed by atoms with E-state index >= 15 is 0 Å². The van der Waals surface area contributed by atoms with Gasteiger partial charge in [0, 0.05) is 12.7 Å². The zero-order chi connectivity index (χ0) is 24.8. The summed E-state index contributed by atoms with van der Waals surface area (Å²) in [6.07, 6.45) is -2.20. The van der Waals surface area contributed by atoms with Gasteiger partial charge in [0.25, 0.3) is 5.91 Å². The van der Waals surface area contributed by atoms with E-state index in [1.165, 1.54) is 6.20 Å². The van der Waals surface area contributed by atoms with E-state index in [9.17, 15) is 27.6 Å². The van der Waals surface area contributed by atoms with E-state index in [0.29, 0.717) is 24.1 Å². The van der Waals surface area contributed by atoms with Gasteiger partial charge in [0.2, 0.25) is 5.91 Å². The number of alkyl halides is 3. The maximum Gasteiger partial charge on any atom is 0.435 e. The third-order valence-corrected chi connectivity index (χ3v) is 6.29. The lowest BCUT2D eigenvalue weighted by atomic mass is 9.92. The van der Waals surface area contributed by atoms with E-state index in [4.69, 9.17) is 0 Å². The molecule has 8 nitrogen and oxygen atoms in total. The second-order valence-corrected chi connectivity index (χ2v) is 8.47. The molecule has 5 rings (SSSR count). The number of hydrogen-bond donors (Lipinski definition) is 2. The van der Waals surface area contributed by atoms with Gasteiger partial charge in [-0.05, 0) is 47.7 Å². The normalized spacial score (nSPS) is 19.2. The van der Waals surface area contributed by atoms with Crippen LogP contribution in [-0.4, -0.2) is 39.1 Å². The minimum absolute atomic E-state index is 0.115. The summed E-state index contributed by atoms with van der Waals surface area (Å²) >= 11 is 0. The Morgan fingerprint density at radius 3 is 2.54 bits per heavy atom. The number of benzene rings is 2. The number of hydrogen-bond acceptors (Lipinski definition) is 4. The van der Waals surface area contributed by atoms with Crippen molar-refractivity contribution < 1.29 is 27.6 Å². The molecule has 3 aromatic rings. The fourth-order valence-corrected chi connectivity index (χ4v) is 4.52. The number of aryl methyl sites for hydroxylation is 1. The zero-order valence-electron chi connectivity index (χ0n) is 18.3. The summed E-state index contributed by atoms with van der Waals surface area (Å²) in [6.45, 7) is -0.302. The number of rotatable bonds is 5. The van der Waals surface area contributed by atoms with E-state index < -0.39 is 41.8 Å². The van der Waals surface area contributed by atoms with Crippen molar-refractivity contribution in [3.63, 3.8) is 0 Å². The molecular formula is C24H20F3N5O3. The van der Waals surface area contributed by atoms with Gasteiger partial charge in [0.15, 0.2) is 5.69 Å². The first-order valence-electron chi connectivity index (χ1n) is 10.9. The quantitative estimate of drug-likeness (QED) is 0.546. The highest BCUT2D eigenvalue weighted by atomic mass is 19.4. The number of nitrogens with one attached hydrogen (secondary N) is 2. The summed E-state index contributed by atoms with van der Waals surface area (Å²) in [5.74, 6) is -0.952. The van der Waals surface area contributed by atoms with Crippen molar-refractivity contribution in [2.45, 2.75) is 31.1 Å². The van der Waals surface area contributed by atoms with E-state index in [2.05, 4.69) is 15.7 Å². The predicted molar refractivity (Wildman–Crippen MR) is 117 cm³/mol. The standard InChI is InChI=1S/C24H20F3N5O3/c25-24(26,27)19-10-12-32(30-19)17-7-5-15(6-8-17)13-28-20(33)14-31-21(34)23(29-22(31)35)11-9-16-3-1-2-4-18(16)23/h1-8,10,12H,9,11,13-14H2,(H,28,33)(H,29,35). The fourth-order valence-electron chi connectivity index (χ4n) is 4.52. The van der Waals surface area contributed by atoms with Gasteiger partial charge in [-0.15, -0.1) is 0 Å². The Morgan fingerprint density at radius 1 is 1.09 bits per heavy atom. The van der Waals surface area contributed by atoms with Crippen LogP contribution in [0.4, 0.5) is 18.0 Å².